The summed E-state index contributed by atoms with van der Waals surface area (Å²) in [6, 6.07) is 9.62. The summed E-state index contributed by atoms with van der Waals surface area (Å²) < 4.78 is 35.1. The predicted molar refractivity (Wildman–Crippen MR) is 125 cm³/mol. The van der Waals surface area contributed by atoms with Crippen molar-refractivity contribution >= 4 is 21.6 Å². The zero-order valence-electron chi connectivity index (χ0n) is 19.1. The third-order valence-corrected chi connectivity index (χ3v) is 7.87. The van der Waals surface area contributed by atoms with Crippen molar-refractivity contribution in [1.82, 2.24) is 19.4 Å². The molecule has 176 valence electrons. The van der Waals surface area contributed by atoms with Gasteiger partial charge in [0.15, 0.2) is 0 Å². The highest BCUT2D eigenvalue weighted by atomic mass is 32.2. The van der Waals surface area contributed by atoms with Gasteiger partial charge in [-0.1, -0.05) is 12.1 Å². The van der Waals surface area contributed by atoms with Crippen LogP contribution in [0, 0.1) is 13.8 Å². The molecule has 2 aromatic heterocycles. The van der Waals surface area contributed by atoms with Crippen LogP contribution < -0.4 is 10.2 Å². The number of rotatable bonds is 7. The fraction of sp³-hybridized carbons (Fsp3) is 0.391. The average Bonchev–Trinajstić information content (AvgIpc) is 3.50. The molecule has 1 amide bonds. The van der Waals surface area contributed by atoms with Crippen LogP contribution in [0.2, 0.25) is 0 Å². The summed E-state index contributed by atoms with van der Waals surface area (Å²) in [7, 11) is -3.93. The van der Waals surface area contributed by atoms with E-state index in [0.29, 0.717) is 38.5 Å². The molecule has 0 spiro atoms. The molecular formula is C23H29N5O4S. The number of piperazine rings is 1. The number of nitrogens with zero attached hydrogens (tertiary/aromatic N) is 4. The second-order valence-corrected chi connectivity index (χ2v) is 9.93. The van der Waals surface area contributed by atoms with Crippen molar-refractivity contribution in [3.63, 3.8) is 0 Å². The third-order valence-electron chi connectivity index (χ3n) is 6.04. The number of hydrogen-bond acceptors (Lipinski definition) is 6. The first kappa shape index (κ1) is 23.1. The highest BCUT2D eigenvalue weighted by Gasteiger charge is 2.35. The van der Waals surface area contributed by atoms with E-state index in [-0.39, 0.29) is 17.1 Å². The van der Waals surface area contributed by atoms with E-state index in [1.165, 1.54) is 32.6 Å². The van der Waals surface area contributed by atoms with Crippen LogP contribution >= 0.6 is 0 Å². The number of carbonyl (C=O) groups excluding carboxylic acids is 1. The van der Waals surface area contributed by atoms with Gasteiger partial charge in [0.05, 0.1) is 18.4 Å². The van der Waals surface area contributed by atoms with Gasteiger partial charge >= 0.3 is 0 Å². The van der Waals surface area contributed by atoms with E-state index in [9.17, 15) is 13.2 Å². The van der Waals surface area contributed by atoms with E-state index in [4.69, 9.17) is 4.42 Å². The van der Waals surface area contributed by atoms with Crippen molar-refractivity contribution in [1.29, 1.82) is 0 Å². The molecule has 0 unspecified atom stereocenters. The lowest BCUT2D eigenvalue weighted by molar-refractivity contribution is 0.0944. The number of aromatic nitrogens is 2. The number of amides is 1. The SMILES string of the molecule is CCn1cc(C(=O)NCc2ccco2)c(S(=O)(=O)N2CCN(c3cccc(C)c3C)CC2)n1. The Morgan fingerprint density at radius 1 is 1.12 bits per heavy atom. The van der Waals surface area contributed by atoms with Crippen molar-refractivity contribution in [3.8, 4) is 0 Å². The molecule has 0 aliphatic carbocycles. The van der Waals surface area contributed by atoms with Gasteiger partial charge in [-0.2, -0.15) is 9.40 Å². The summed E-state index contributed by atoms with van der Waals surface area (Å²) in [4.78, 5) is 15.0. The fourth-order valence-corrected chi connectivity index (χ4v) is 5.48. The molecule has 1 saturated heterocycles. The molecule has 1 aliphatic heterocycles. The highest BCUT2D eigenvalue weighted by Crippen LogP contribution is 2.26. The number of aryl methyl sites for hydroxylation is 2. The molecule has 10 heteroatoms. The number of anilines is 1. The summed E-state index contributed by atoms with van der Waals surface area (Å²) in [5.41, 5.74) is 3.57. The van der Waals surface area contributed by atoms with Gasteiger partial charge in [0.1, 0.15) is 5.76 Å². The molecule has 3 heterocycles. The van der Waals surface area contributed by atoms with Crippen LogP contribution in [0.15, 0.2) is 52.2 Å². The summed E-state index contributed by atoms with van der Waals surface area (Å²) in [5.74, 6) is 0.0805. The molecule has 9 nitrogen and oxygen atoms in total. The van der Waals surface area contributed by atoms with E-state index in [1.807, 2.05) is 13.0 Å². The maximum Gasteiger partial charge on any atom is 0.263 e. The van der Waals surface area contributed by atoms with Gasteiger partial charge in [0.25, 0.3) is 15.9 Å². The first-order chi connectivity index (χ1) is 15.8. The Bertz CT molecular complexity index is 1230. The number of benzene rings is 1. The smallest absolute Gasteiger partial charge is 0.263 e. The minimum absolute atomic E-state index is 0.0420. The maximum absolute atomic E-state index is 13.5. The molecule has 0 radical (unpaired) electrons. The topological polar surface area (TPSA) is 101 Å². The van der Waals surface area contributed by atoms with E-state index < -0.39 is 15.9 Å². The van der Waals surface area contributed by atoms with E-state index in [2.05, 4.69) is 41.3 Å². The lowest BCUT2D eigenvalue weighted by atomic mass is 10.1. The molecule has 4 rings (SSSR count). The second kappa shape index (κ2) is 9.40. The zero-order valence-corrected chi connectivity index (χ0v) is 19.9. The van der Waals surface area contributed by atoms with Crippen molar-refractivity contribution in [3.05, 3.63) is 65.2 Å². The Morgan fingerprint density at radius 2 is 1.88 bits per heavy atom. The average molecular weight is 472 g/mol. The quantitative estimate of drug-likeness (QED) is 0.568. The minimum atomic E-state index is -3.93. The van der Waals surface area contributed by atoms with Crippen LogP contribution in [0.25, 0.3) is 0 Å². The monoisotopic (exact) mass is 471 g/mol. The van der Waals surface area contributed by atoms with Crippen LogP contribution in [-0.2, 0) is 23.1 Å². The third kappa shape index (κ3) is 4.67. The van der Waals surface area contributed by atoms with Gasteiger partial charge in [-0.15, -0.1) is 0 Å². The molecule has 1 N–H and O–H groups in total. The highest BCUT2D eigenvalue weighted by molar-refractivity contribution is 7.89. The molecule has 1 aliphatic rings. The van der Waals surface area contributed by atoms with E-state index >= 15 is 0 Å². The predicted octanol–water partition coefficient (Wildman–Crippen LogP) is 2.55. The number of sulfonamides is 1. The summed E-state index contributed by atoms with van der Waals surface area (Å²) in [5, 5.41) is 6.74. The molecule has 0 saturated carbocycles. The number of carbonyl (C=O) groups is 1. The number of nitrogens with one attached hydrogen (secondary N) is 1. The largest absolute Gasteiger partial charge is 0.467 e. The van der Waals surface area contributed by atoms with Gasteiger partial charge in [-0.3, -0.25) is 9.48 Å². The maximum atomic E-state index is 13.5. The lowest BCUT2D eigenvalue weighted by Crippen LogP contribution is -2.49. The van der Waals surface area contributed by atoms with Gasteiger partial charge in [0, 0.05) is 44.6 Å². The van der Waals surface area contributed by atoms with Gasteiger partial charge in [0.2, 0.25) is 5.03 Å². The summed E-state index contributed by atoms with van der Waals surface area (Å²) >= 11 is 0. The zero-order chi connectivity index (χ0) is 23.6. The van der Waals surface area contributed by atoms with Crippen LogP contribution in [0.3, 0.4) is 0 Å². The van der Waals surface area contributed by atoms with Crippen LogP contribution in [0.4, 0.5) is 5.69 Å². The fourth-order valence-electron chi connectivity index (χ4n) is 3.96. The first-order valence-corrected chi connectivity index (χ1v) is 12.4. The number of hydrogen-bond donors (Lipinski definition) is 1. The van der Waals surface area contributed by atoms with E-state index in [0.717, 1.165) is 5.69 Å². The lowest BCUT2D eigenvalue weighted by Gasteiger charge is -2.36. The molecule has 0 atom stereocenters. The van der Waals surface area contributed by atoms with E-state index in [1.54, 1.807) is 12.1 Å². The summed E-state index contributed by atoms with van der Waals surface area (Å²) in [6.07, 6.45) is 3.00. The van der Waals surface area contributed by atoms with Crippen molar-refractivity contribution in [2.75, 3.05) is 31.1 Å². The normalized spacial score (nSPS) is 15.1. The number of furan rings is 1. The van der Waals surface area contributed by atoms with Gasteiger partial charge in [-0.05, 0) is 50.1 Å². The minimum Gasteiger partial charge on any atom is -0.467 e. The van der Waals surface area contributed by atoms with Gasteiger partial charge in [-0.25, -0.2) is 8.42 Å². The molecule has 1 fully saturated rings. The standard InChI is InChI=1S/C23H29N5O4S/c1-4-27-16-20(22(29)24-15-19-8-6-14-32-19)23(25-27)33(30,31)28-12-10-26(11-13-28)21-9-5-7-17(2)18(21)3/h5-9,14,16H,4,10-13,15H2,1-3H3,(H,24,29). The van der Waals surface area contributed by atoms with Crippen molar-refractivity contribution in [2.24, 2.45) is 0 Å². The molecule has 1 aromatic carbocycles. The van der Waals surface area contributed by atoms with Crippen LogP contribution in [0.5, 0.6) is 0 Å². The van der Waals surface area contributed by atoms with Crippen LogP contribution in [-0.4, -0.2) is 54.6 Å². The molecular weight excluding hydrogens is 442 g/mol. The Hall–Kier alpha value is -3.11. The van der Waals surface area contributed by atoms with Crippen molar-refractivity contribution < 1.29 is 17.6 Å². The molecule has 0 bridgehead atoms. The molecule has 33 heavy (non-hydrogen) atoms. The van der Waals surface area contributed by atoms with Crippen LogP contribution in [0.1, 0.15) is 34.2 Å². The Morgan fingerprint density at radius 3 is 2.55 bits per heavy atom. The Kier molecular flexibility index (Phi) is 6.57. The summed E-state index contributed by atoms with van der Waals surface area (Å²) in [6.45, 7) is 8.39. The Labute approximate surface area is 194 Å². The second-order valence-electron chi connectivity index (χ2n) is 8.08. The Balaban J connectivity index is 1.52. The van der Waals surface area contributed by atoms with Gasteiger partial charge < -0.3 is 14.6 Å². The molecule has 3 aromatic rings. The van der Waals surface area contributed by atoms with Crippen molar-refractivity contribution in [2.45, 2.75) is 38.9 Å². The first-order valence-electron chi connectivity index (χ1n) is 11.0.